The Morgan fingerprint density at radius 2 is 1.86 bits per heavy atom. The highest BCUT2D eigenvalue weighted by Gasteiger charge is 2.49. The van der Waals surface area contributed by atoms with Crippen LogP contribution >= 0.6 is 15.9 Å². The van der Waals surface area contributed by atoms with E-state index >= 15 is 0 Å². The first-order valence-corrected chi connectivity index (χ1v) is 7.28. The van der Waals surface area contributed by atoms with Gasteiger partial charge in [-0.1, -0.05) is 46.3 Å². The predicted octanol–water partition coefficient (Wildman–Crippen LogP) is 2.65. The van der Waals surface area contributed by atoms with Gasteiger partial charge in [0.15, 0.2) is 11.7 Å². The van der Waals surface area contributed by atoms with Crippen LogP contribution in [-0.2, 0) is 15.1 Å². The van der Waals surface area contributed by atoms with Crippen molar-refractivity contribution in [3.63, 3.8) is 0 Å². The fraction of sp³-hybridized carbons (Fsp3) is 0.188. The summed E-state index contributed by atoms with van der Waals surface area (Å²) >= 11 is 3.37. The molecule has 21 heavy (non-hydrogen) atoms. The molecule has 4 nitrogen and oxygen atoms in total. The Kier molecular flexibility index (Phi) is 3.57. The van der Waals surface area contributed by atoms with Gasteiger partial charge in [0, 0.05) is 22.8 Å². The van der Waals surface area contributed by atoms with Crippen LogP contribution in [0.15, 0.2) is 53.0 Å². The van der Waals surface area contributed by atoms with Gasteiger partial charge in [0.2, 0.25) is 0 Å². The van der Waals surface area contributed by atoms with Gasteiger partial charge >= 0.3 is 0 Å². The molecule has 3 rings (SSSR count). The Labute approximate surface area is 130 Å². The molecule has 1 aliphatic heterocycles. The summed E-state index contributed by atoms with van der Waals surface area (Å²) in [6.07, 6.45) is -1.01. The molecule has 0 saturated carbocycles. The molecule has 0 aliphatic carbocycles. The number of carbonyl (C=O) groups is 1. The Bertz CT molecular complexity index is 686. The van der Waals surface area contributed by atoms with E-state index in [1.165, 1.54) is 7.11 Å². The Hall–Kier alpha value is -1.69. The van der Waals surface area contributed by atoms with Crippen molar-refractivity contribution in [2.75, 3.05) is 12.4 Å². The fourth-order valence-electron chi connectivity index (χ4n) is 2.74. The Morgan fingerprint density at radius 3 is 2.52 bits per heavy atom. The molecule has 5 heteroatoms. The first-order valence-electron chi connectivity index (χ1n) is 6.49. The van der Waals surface area contributed by atoms with Crippen molar-refractivity contribution in [1.82, 2.24) is 0 Å². The number of halogens is 1. The average molecular weight is 348 g/mol. The minimum atomic E-state index is -1.52. The molecule has 0 bridgehead atoms. The van der Waals surface area contributed by atoms with Gasteiger partial charge < -0.3 is 15.2 Å². The van der Waals surface area contributed by atoms with Gasteiger partial charge in [0.25, 0.3) is 5.91 Å². The van der Waals surface area contributed by atoms with E-state index in [1.807, 2.05) is 24.3 Å². The summed E-state index contributed by atoms with van der Waals surface area (Å²) in [6.45, 7) is 0. The molecule has 1 heterocycles. The fourth-order valence-corrected chi connectivity index (χ4v) is 3.01. The van der Waals surface area contributed by atoms with Crippen molar-refractivity contribution in [3.05, 3.63) is 64.1 Å². The summed E-state index contributed by atoms with van der Waals surface area (Å²) in [5.74, 6) is -0.360. The van der Waals surface area contributed by atoms with Gasteiger partial charge in [-0.15, -0.1) is 0 Å². The highest BCUT2D eigenvalue weighted by atomic mass is 79.9. The molecule has 0 radical (unpaired) electrons. The third kappa shape index (κ3) is 2.18. The number of carbonyl (C=O) groups excluding carboxylic acids is 1. The maximum Gasteiger partial charge on any atom is 0.257 e. The topological polar surface area (TPSA) is 58.6 Å². The molecule has 1 aliphatic rings. The highest BCUT2D eigenvalue weighted by Crippen LogP contribution is 2.42. The van der Waals surface area contributed by atoms with Crippen LogP contribution in [0.1, 0.15) is 11.1 Å². The lowest BCUT2D eigenvalue weighted by Gasteiger charge is -2.40. The van der Waals surface area contributed by atoms with E-state index in [2.05, 4.69) is 21.2 Å². The van der Waals surface area contributed by atoms with Crippen molar-refractivity contribution in [2.45, 2.75) is 11.7 Å². The lowest BCUT2D eigenvalue weighted by atomic mass is 9.78. The third-order valence-electron chi connectivity index (χ3n) is 3.73. The standard InChI is InChI=1S/C16H14BrNO3/c1-21-14-15(19)18-13-5-3-2-4-12(13)16(14,20)10-6-8-11(17)9-7-10/h2-9,14,20H,1H3,(H,18,19). The molecule has 1 amide bonds. The molecular formula is C16H14BrNO3. The summed E-state index contributed by atoms with van der Waals surface area (Å²) in [5, 5.41) is 14.1. The van der Waals surface area contributed by atoms with E-state index < -0.39 is 11.7 Å². The maximum atomic E-state index is 12.2. The van der Waals surface area contributed by atoms with Crippen LogP contribution in [-0.4, -0.2) is 24.2 Å². The predicted molar refractivity (Wildman–Crippen MR) is 83.0 cm³/mol. The molecule has 2 aromatic carbocycles. The third-order valence-corrected chi connectivity index (χ3v) is 4.26. The second kappa shape index (κ2) is 5.26. The molecule has 2 N–H and O–H groups in total. The molecule has 0 spiro atoms. The molecule has 2 unspecified atom stereocenters. The number of ether oxygens (including phenoxy) is 1. The van der Waals surface area contributed by atoms with E-state index in [0.717, 1.165) is 4.47 Å². The average Bonchev–Trinajstić information content (AvgIpc) is 2.48. The van der Waals surface area contributed by atoms with Crippen LogP contribution < -0.4 is 5.32 Å². The van der Waals surface area contributed by atoms with Gasteiger partial charge in [-0.2, -0.15) is 0 Å². The number of nitrogens with one attached hydrogen (secondary N) is 1. The lowest BCUT2D eigenvalue weighted by Crippen LogP contribution is -2.52. The van der Waals surface area contributed by atoms with Crippen molar-refractivity contribution >= 4 is 27.5 Å². The second-order valence-electron chi connectivity index (χ2n) is 4.92. The van der Waals surface area contributed by atoms with Gasteiger partial charge in [-0.25, -0.2) is 0 Å². The molecule has 108 valence electrons. The van der Waals surface area contributed by atoms with Crippen LogP contribution in [0.3, 0.4) is 0 Å². The Morgan fingerprint density at radius 1 is 1.19 bits per heavy atom. The molecule has 0 aromatic heterocycles. The van der Waals surface area contributed by atoms with Crippen LogP contribution in [0.4, 0.5) is 5.69 Å². The first kappa shape index (κ1) is 14.3. The smallest absolute Gasteiger partial charge is 0.257 e. The molecular weight excluding hydrogens is 334 g/mol. The number of para-hydroxylation sites is 1. The summed E-state index contributed by atoms with van der Waals surface area (Å²) < 4.78 is 6.19. The number of hydrogen-bond donors (Lipinski definition) is 2. The van der Waals surface area contributed by atoms with Gasteiger partial charge in [0.1, 0.15) is 0 Å². The number of fused-ring (bicyclic) bond motifs is 1. The molecule has 0 saturated heterocycles. The highest BCUT2D eigenvalue weighted by molar-refractivity contribution is 9.10. The summed E-state index contributed by atoms with van der Waals surface area (Å²) in [4.78, 5) is 12.2. The van der Waals surface area contributed by atoms with Crippen LogP contribution in [0.25, 0.3) is 0 Å². The lowest BCUT2D eigenvalue weighted by molar-refractivity contribution is -0.142. The number of amides is 1. The summed E-state index contributed by atoms with van der Waals surface area (Å²) in [7, 11) is 1.42. The number of benzene rings is 2. The van der Waals surface area contributed by atoms with Crippen LogP contribution in [0.2, 0.25) is 0 Å². The zero-order valence-corrected chi connectivity index (χ0v) is 12.9. The Balaban J connectivity index is 2.24. The van der Waals surface area contributed by atoms with Crippen LogP contribution in [0, 0.1) is 0 Å². The second-order valence-corrected chi connectivity index (χ2v) is 5.84. The van der Waals surface area contributed by atoms with E-state index in [4.69, 9.17) is 4.74 Å². The number of hydrogen-bond acceptors (Lipinski definition) is 3. The normalized spacial score (nSPS) is 24.3. The SMILES string of the molecule is COC1C(=O)Nc2ccccc2C1(O)c1ccc(Br)cc1. The van der Waals surface area contributed by atoms with Crippen molar-refractivity contribution < 1.29 is 14.6 Å². The van der Waals surface area contributed by atoms with E-state index in [9.17, 15) is 9.90 Å². The van der Waals surface area contributed by atoms with Crippen molar-refractivity contribution in [3.8, 4) is 0 Å². The minimum Gasteiger partial charge on any atom is -0.377 e. The van der Waals surface area contributed by atoms with Crippen molar-refractivity contribution in [2.24, 2.45) is 0 Å². The monoisotopic (exact) mass is 347 g/mol. The minimum absolute atomic E-state index is 0.360. The summed E-state index contributed by atoms with van der Waals surface area (Å²) in [5.41, 5.74) is 0.314. The van der Waals surface area contributed by atoms with E-state index in [1.54, 1.807) is 24.3 Å². The van der Waals surface area contributed by atoms with E-state index in [0.29, 0.717) is 16.8 Å². The van der Waals surface area contributed by atoms with Crippen molar-refractivity contribution in [1.29, 1.82) is 0 Å². The van der Waals surface area contributed by atoms with Gasteiger partial charge in [-0.3, -0.25) is 4.79 Å². The first-order chi connectivity index (χ1) is 10.1. The number of aliphatic hydroxyl groups is 1. The van der Waals surface area contributed by atoms with Gasteiger partial charge in [0.05, 0.1) is 0 Å². The largest absolute Gasteiger partial charge is 0.377 e. The molecule has 2 aromatic rings. The number of methoxy groups -OCH3 is 1. The van der Waals surface area contributed by atoms with Gasteiger partial charge in [-0.05, 0) is 23.8 Å². The zero-order chi connectivity index (χ0) is 15.0. The van der Waals surface area contributed by atoms with Crippen LogP contribution in [0.5, 0.6) is 0 Å². The number of rotatable bonds is 2. The maximum absolute atomic E-state index is 12.2. The van der Waals surface area contributed by atoms with E-state index in [-0.39, 0.29) is 5.91 Å². The number of anilines is 1. The zero-order valence-electron chi connectivity index (χ0n) is 11.3. The molecule has 0 fully saturated rings. The molecule has 2 atom stereocenters. The summed E-state index contributed by atoms with van der Waals surface area (Å²) in [6, 6.07) is 14.4. The quantitative estimate of drug-likeness (QED) is 0.877.